The molecule has 21 heavy (non-hydrogen) atoms. The van der Waals surface area contributed by atoms with Crippen LogP contribution < -0.4 is 10.1 Å². The van der Waals surface area contributed by atoms with E-state index in [9.17, 15) is 0 Å². The number of benzene rings is 1. The van der Waals surface area contributed by atoms with Crippen LogP contribution in [0.1, 0.15) is 19.4 Å². The molecular formula is C15H19Cl2N3O. The second-order valence-electron chi connectivity index (χ2n) is 5.06. The third-order valence-corrected chi connectivity index (χ3v) is 3.44. The van der Waals surface area contributed by atoms with Gasteiger partial charge in [0.15, 0.2) is 0 Å². The highest BCUT2D eigenvalue weighted by Crippen LogP contribution is 2.32. The molecule has 1 heterocycles. The molecule has 0 saturated carbocycles. The predicted octanol–water partition coefficient (Wildman–Crippen LogP) is 3.77. The molecule has 0 bridgehead atoms. The lowest BCUT2D eigenvalue weighted by atomic mass is 10.2. The van der Waals surface area contributed by atoms with Gasteiger partial charge in [-0.15, -0.1) is 0 Å². The number of nitrogens with zero attached hydrogens (tertiary/aromatic N) is 2. The van der Waals surface area contributed by atoms with Crippen molar-refractivity contribution in [2.45, 2.75) is 33.0 Å². The van der Waals surface area contributed by atoms with E-state index in [2.05, 4.69) is 24.1 Å². The molecule has 1 aromatic heterocycles. The van der Waals surface area contributed by atoms with E-state index < -0.39 is 0 Å². The normalized spacial score (nSPS) is 11.1. The third kappa shape index (κ3) is 4.92. The van der Waals surface area contributed by atoms with Crippen LogP contribution in [0.4, 0.5) is 0 Å². The Bertz CT molecular complexity index is 571. The van der Waals surface area contributed by atoms with Crippen LogP contribution in [0.5, 0.6) is 5.75 Å². The predicted molar refractivity (Wildman–Crippen MR) is 86.2 cm³/mol. The molecule has 6 heteroatoms. The number of hydrogen-bond acceptors (Lipinski definition) is 3. The number of ether oxygens (including phenoxy) is 1. The lowest BCUT2D eigenvalue weighted by Gasteiger charge is -2.16. The van der Waals surface area contributed by atoms with E-state index in [0.717, 1.165) is 12.1 Å². The fourth-order valence-corrected chi connectivity index (χ4v) is 2.48. The molecule has 0 saturated heterocycles. The summed E-state index contributed by atoms with van der Waals surface area (Å²) in [5, 5.41) is 4.50. The van der Waals surface area contributed by atoms with Crippen molar-refractivity contribution in [3.63, 3.8) is 0 Å². The smallest absolute Gasteiger partial charge is 0.142 e. The van der Waals surface area contributed by atoms with Gasteiger partial charge in [0.2, 0.25) is 0 Å². The Kier molecular flexibility index (Phi) is 5.91. The van der Waals surface area contributed by atoms with E-state index in [1.54, 1.807) is 18.6 Å². The first-order valence-corrected chi connectivity index (χ1v) is 7.61. The zero-order valence-electron chi connectivity index (χ0n) is 12.1. The zero-order chi connectivity index (χ0) is 15.2. The van der Waals surface area contributed by atoms with E-state index in [1.165, 1.54) is 0 Å². The van der Waals surface area contributed by atoms with Gasteiger partial charge in [-0.1, -0.05) is 37.0 Å². The topological polar surface area (TPSA) is 39.1 Å². The van der Waals surface area contributed by atoms with Crippen molar-refractivity contribution in [1.82, 2.24) is 14.9 Å². The van der Waals surface area contributed by atoms with Crippen LogP contribution >= 0.6 is 23.2 Å². The standard InChI is InChI=1S/C15H19Cl2N3O/c1-11(2)19-9-12-7-13(16)8-14(17)15(12)21-6-5-20-4-3-18-10-20/h3-4,7-8,10-11,19H,5-6,9H2,1-2H3. The molecule has 0 aliphatic heterocycles. The Labute approximate surface area is 135 Å². The Morgan fingerprint density at radius 1 is 1.33 bits per heavy atom. The zero-order valence-corrected chi connectivity index (χ0v) is 13.7. The number of halogens is 2. The summed E-state index contributed by atoms with van der Waals surface area (Å²) in [6, 6.07) is 3.96. The summed E-state index contributed by atoms with van der Waals surface area (Å²) < 4.78 is 7.80. The quantitative estimate of drug-likeness (QED) is 0.841. The molecule has 114 valence electrons. The fraction of sp³-hybridized carbons (Fsp3) is 0.400. The van der Waals surface area contributed by atoms with Crippen LogP contribution in [-0.4, -0.2) is 22.2 Å². The van der Waals surface area contributed by atoms with E-state index in [4.69, 9.17) is 27.9 Å². The molecule has 2 rings (SSSR count). The number of nitrogens with one attached hydrogen (secondary N) is 1. The van der Waals surface area contributed by atoms with Crippen molar-refractivity contribution < 1.29 is 4.74 Å². The van der Waals surface area contributed by atoms with Crippen molar-refractivity contribution in [2.75, 3.05) is 6.61 Å². The summed E-state index contributed by atoms with van der Waals surface area (Å²) in [6.07, 6.45) is 5.40. The molecule has 0 aliphatic rings. The lowest BCUT2D eigenvalue weighted by molar-refractivity contribution is 0.294. The lowest BCUT2D eigenvalue weighted by Crippen LogP contribution is -2.22. The van der Waals surface area contributed by atoms with Gasteiger partial charge >= 0.3 is 0 Å². The second kappa shape index (κ2) is 7.69. The van der Waals surface area contributed by atoms with Gasteiger partial charge in [0.05, 0.1) is 17.9 Å². The fourth-order valence-electron chi connectivity index (χ4n) is 1.89. The maximum atomic E-state index is 6.25. The average molecular weight is 328 g/mol. The molecule has 0 fully saturated rings. The Morgan fingerprint density at radius 2 is 2.14 bits per heavy atom. The van der Waals surface area contributed by atoms with Gasteiger partial charge < -0.3 is 14.6 Å². The van der Waals surface area contributed by atoms with Crippen LogP contribution in [0, 0.1) is 0 Å². The van der Waals surface area contributed by atoms with Gasteiger partial charge in [0, 0.05) is 35.6 Å². The number of hydrogen-bond donors (Lipinski definition) is 1. The number of imidazole rings is 1. The Balaban J connectivity index is 2.05. The molecule has 0 amide bonds. The van der Waals surface area contributed by atoms with Gasteiger partial charge in [-0.25, -0.2) is 4.98 Å². The maximum absolute atomic E-state index is 6.25. The summed E-state index contributed by atoms with van der Waals surface area (Å²) >= 11 is 12.3. The van der Waals surface area contributed by atoms with Crippen LogP contribution in [0.3, 0.4) is 0 Å². The monoisotopic (exact) mass is 327 g/mol. The molecule has 0 spiro atoms. The van der Waals surface area contributed by atoms with Crippen molar-refractivity contribution in [1.29, 1.82) is 0 Å². The van der Waals surface area contributed by atoms with E-state index in [1.807, 2.05) is 16.8 Å². The highest BCUT2D eigenvalue weighted by Gasteiger charge is 2.11. The molecule has 4 nitrogen and oxygen atoms in total. The van der Waals surface area contributed by atoms with E-state index in [0.29, 0.717) is 35.0 Å². The van der Waals surface area contributed by atoms with E-state index >= 15 is 0 Å². The molecule has 2 aromatic rings. The minimum Gasteiger partial charge on any atom is -0.490 e. The number of rotatable bonds is 7. The molecule has 0 aliphatic carbocycles. The molecule has 0 unspecified atom stereocenters. The summed E-state index contributed by atoms with van der Waals surface area (Å²) in [6.45, 7) is 6.08. The Morgan fingerprint density at radius 3 is 2.81 bits per heavy atom. The molecule has 1 N–H and O–H groups in total. The SMILES string of the molecule is CC(C)NCc1cc(Cl)cc(Cl)c1OCCn1ccnc1. The van der Waals surface area contributed by atoms with E-state index in [-0.39, 0.29) is 0 Å². The van der Waals surface area contributed by atoms with Crippen molar-refractivity contribution in [2.24, 2.45) is 0 Å². The first-order valence-electron chi connectivity index (χ1n) is 6.86. The molecular weight excluding hydrogens is 309 g/mol. The Hall–Kier alpha value is -1.23. The highest BCUT2D eigenvalue weighted by molar-refractivity contribution is 6.35. The maximum Gasteiger partial charge on any atom is 0.142 e. The van der Waals surface area contributed by atoms with Gasteiger partial charge in [-0.2, -0.15) is 0 Å². The van der Waals surface area contributed by atoms with Crippen molar-refractivity contribution >= 4 is 23.2 Å². The van der Waals surface area contributed by atoms with Gasteiger partial charge in [0.1, 0.15) is 12.4 Å². The van der Waals surface area contributed by atoms with Crippen molar-refractivity contribution in [3.8, 4) is 5.75 Å². The van der Waals surface area contributed by atoms with Crippen LogP contribution in [-0.2, 0) is 13.1 Å². The van der Waals surface area contributed by atoms with Crippen LogP contribution in [0.2, 0.25) is 10.0 Å². The largest absolute Gasteiger partial charge is 0.490 e. The van der Waals surface area contributed by atoms with Crippen LogP contribution in [0.25, 0.3) is 0 Å². The summed E-state index contributed by atoms with van der Waals surface area (Å²) in [7, 11) is 0. The first-order chi connectivity index (χ1) is 10.1. The minimum absolute atomic E-state index is 0.376. The molecule has 0 radical (unpaired) electrons. The first kappa shape index (κ1) is 16.1. The number of aromatic nitrogens is 2. The average Bonchev–Trinajstić information content (AvgIpc) is 2.92. The summed E-state index contributed by atoms with van der Waals surface area (Å²) in [4.78, 5) is 4.00. The minimum atomic E-state index is 0.376. The van der Waals surface area contributed by atoms with Crippen molar-refractivity contribution in [3.05, 3.63) is 46.5 Å². The molecule has 0 atom stereocenters. The second-order valence-corrected chi connectivity index (χ2v) is 5.90. The van der Waals surface area contributed by atoms with Gasteiger partial charge in [-0.3, -0.25) is 0 Å². The van der Waals surface area contributed by atoms with Crippen LogP contribution in [0.15, 0.2) is 30.9 Å². The summed E-state index contributed by atoms with van der Waals surface area (Å²) in [5.41, 5.74) is 0.965. The third-order valence-electron chi connectivity index (χ3n) is 2.94. The molecule has 1 aromatic carbocycles. The highest BCUT2D eigenvalue weighted by atomic mass is 35.5. The van der Waals surface area contributed by atoms with Gasteiger partial charge in [0.25, 0.3) is 0 Å². The van der Waals surface area contributed by atoms with Gasteiger partial charge in [-0.05, 0) is 12.1 Å². The summed E-state index contributed by atoms with van der Waals surface area (Å²) in [5.74, 6) is 0.689.